The smallest absolute Gasteiger partial charge is 0.214 e. The van der Waals surface area contributed by atoms with Gasteiger partial charge in [-0.2, -0.15) is 4.39 Å². The first-order valence-electron chi connectivity index (χ1n) is 6.49. The van der Waals surface area contributed by atoms with Gasteiger partial charge >= 0.3 is 0 Å². The fourth-order valence-corrected chi connectivity index (χ4v) is 2.19. The van der Waals surface area contributed by atoms with E-state index in [0.717, 1.165) is 16.7 Å². The molecule has 2 heterocycles. The number of pyridine rings is 1. The molecule has 0 saturated carbocycles. The zero-order valence-corrected chi connectivity index (χ0v) is 11.4. The van der Waals surface area contributed by atoms with Crippen LogP contribution in [-0.4, -0.2) is 12.0 Å². The van der Waals surface area contributed by atoms with E-state index in [1.807, 2.05) is 49.2 Å². The fraction of sp³-hybridized carbons (Fsp3) is 0.188. The number of hydrogen-bond donors (Lipinski definition) is 0. The van der Waals surface area contributed by atoms with Gasteiger partial charge in [-0.3, -0.25) is 0 Å². The third kappa shape index (κ3) is 2.25. The molecule has 3 aromatic rings. The summed E-state index contributed by atoms with van der Waals surface area (Å²) < 4.78 is 19.0. The number of hydrogen-bond acceptors (Lipinski definition) is 3. The van der Waals surface area contributed by atoms with Crippen molar-refractivity contribution in [2.75, 3.05) is 11.9 Å². The minimum Gasteiger partial charge on any atom is -0.459 e. The number of benzene rings is 1. The van der Waals surface area contributed by atoms with Crippen LogP contribution in [0.5, 0.6) is 0 Å². The molecule has 1 aromatic carbocycles. The van der Waals surface area contributed by atoms with Gasteiger partial charge in [0.1, 0.15) is 17.2 Å². The maximum atomic E-state index is 13.2. The van der Waals surface area contributed by atoms with Crippen LogP contribution in [-0.2, 0) is 0 Å². The Balaban J connectivity index is 1.93. The first-order valence-corrected chi connectivity index (χ1v) is 6.49. The number of furan rings is 1. The number of anilines is 1. The van der Waals surface area contributed by atoms with E-state index < -0.39 is 5.95 Å². The van der Waals surface area contributed by atoms with Crippen molar-refractivity contribution in [1.82, 2.24) is 4.98 Å². The summed E-state index contributed by atoms with van der Waals surface area (Å²) in [5.74, 6) is 0.934. The van der Waals surface area contributed by atoms with Crippen molar-refractivity contribution < 1.29 is 8.81 Å². The Morgan fingerprint density at radius 1 is 1.15 bits per heavy atom. The quantitative estimate of drug-likeness (QED) is 0.669. The van der Waals surface area contributed by atoms with E-state index in [2.05, 4.69) is 4.98 Å². The Morgan fingerprint density at radius 2 is 1.95 bits per heavy atom. The summed E-state index contributed by atoms with van der Waals surface area (Å²) in [6, 6.07) is 14.6. The number of halogens is 1. The van der Waals surface area contributed by atoms with Crippen molar-refractivity contribution in [2.45, 2.75) is 13.0 Å². The summed E-state index contributed by atoms with van der Waals surface area (Å²) in [6.07, 6.45) is 0. The molecule has 0 saturated heterocycles. The summed E-state index contributed by atoms with van der Waals surface area (Å²) in [5, 5.41) is 1.06. The van der Waals surface area contributed by atoms with Crippen molar-refractivity contribution in [2.24, 2.45) is 0 Å². The van der Waals surface area contributed by atoms with Crippen LogP contribution in [0.4, 0.5) is 10.2 Å². The maximum absolute atomic E-state index is 13.2. The molecule has 0 radical (unpaired) electrons. The van der Waals surface area contributed by atoms with Gasteiger partial charge < -0.3 is 9.32 Å². The van der Waals surface area contributed by atoms with Crippen LogP contribution in [0.3, 0.4) is 0 Å². The van der Waals surface area contributed by atoms with Gasteiger partial charge in [-0.15, -0.1) is 0 Å². The number of nitrogens with zero attached hydrogens (tertiary/aromatic N) is 2. The van der Waals surface area contributed by atoms with E-state index in [9.17, 15) is 4.39 Å². The first kappa shape index (κ1) is 12.7. The van der Waals surface area contributed by atoms with Gasteiger partial charge in [-0.25, -0.2) is 4.98 Å². The van der Waals surface area contributed by atoms with Crippen LogP contribution >= 0.6 is 0 Å². The molecule has 0 amide bonds. The zero-order chi connectivity index (χ0) is 14.1. The molecule has 1 unspecified atom stereocenters. The molecule has 0 fully saturated rings. The van der Waals surface area contributed by atoms with Crippen molar-refractivity contribution in [3.05, 3.63) is 60.2 Å². The standard InChI is InChI=1S/C16H15FN2O/c1-11(19(2)16-9-5-8-15(17)18-16)14-10-12-6-3-4-7-13(12)20-14/h3-11H,1-2H3. The van der Waals surface area contributed by atoms with Gasteiger partial charge in [0, 0.05) is 12.4 Å². The summed E-state index contributed by atoms with van der Waals surface area (Å²) in [4.78, 5) is 5.78. The molecule has 0 aliphatic rings. The Hall–Kier alpha value is -2.36. The molecule has 20 heavy (non-hydrogen) atoms. The van der Waals surface area contributed by atoms with Crippen LogP contribution in [0, 0.1) is 5.95 Å². The molecule has 3 nitrogen and oxygen atoms in total. The van der Waals surface area contributed by atoms with Gasteiger partial charge in [0.2, 0.25) is 5.95 Å². The summed E-state index contributed by atoms with van der Waals surface area (Å²) in [5.41, 5.74) is 0.856. The van der Waals surface area contributed by atoms with Crippen LogP contribution in [0.2, 0.25) is 0 Å². The fourth-order valence-electron chi connectivity index (χ4n) is 2.19. The van der Waals surface area contributed by atoms with Gasteiger partial charge in [0.05, 0.1) is 6.04 Å². The molecule has 0 spiro atoms. The van der Waals surface area contributed by atoms with E-state index in [0.29, 0.717) is 5.82 Å². The molecule has 3 rings (SSSR count). The topological polar surface area (TPSA) is 29.3 Å². The third-order valence-electron chi connectivity index (χ3n) is 3.50. The molecule has 0 aliphatic carbocycles. The van der Waals surface area contributed by atoms with Crippen LogP contribution < -0.4 is 4.90 Å². The maximum Gasteiger partial charge on any atom is 0.214 e. The van der Waals surface area contributed by atoms with E-state index in [1.165, 1.54) is 6.07 Å². The molecular weight excluding hydrogens is 255 g/mol. The van der Waals surface area contributed by atoms with Crippen molar-refractivity contribution >= 4 is 16.8 Å². The Morgan fingerprint density at radius 3 is 2.70 bits per heavy atom. The molecular formula is C16H15FN2O. The number of para-hydroxylation sites is 1. The minimum absolute atomic E-state index is 0.0308. The highest BCUT2D eigenvalue weighted by Gasteiger charge is 2.17. The summed E-state index contributed by atoms with van der Waals surface area (Å²) in [6.45, 7) is 2.00. The normalized spacial score (nSPS) is 12.6. The number of fused-ring (bicyclic) bond motifs is 1. The molecule has 0 aliphatic heterocycles. The average Bonchev–Trinajstić information content (AvgIpc) is 2.89. The largest absolute Gasteiger partial charge is 0.459 e. The number of aromatic nitrogens is 1. The van der Waals surface area contributed by atoms with E-state index in [4.69, 9.17) is 4.42 Å². The van der Waals surface area contributed by atoms with E-state index in [1.54, 1.807) is 12.1 Å². The predicted molar refractivity (Wildman–Crippen MR) is 77.2 cm³/mol. The average molecular weight is 270 g/mol. The second-order valence-corrected chi connectivity index (χ2v) is 4.79. The lowest BCUT2D eigenvalue weighted by molar-refractivity contribution is 0.498. The van der Waals surface area contributed by atoms with Crippen LogP contribution in [0.1, 0.15) is 18.7 Å². The predicted octanol–water partition coefficient (Wildman–Crippen LogP) is 4.16. The third-order valence-corrected chi connectivity index (χ3v) is 3.50. The highest BCUT2D eigenvalue weighted by Crippen LogP contribution is 2.28. The zero-order valence-electron chi connectivity index (χ0n) is 11.4. The second kappa shape index (κ2) is 4.96. The van der Waals surface area contributed by atoms with Crippen molar-refractivity contribution in [3.63, 3.8) is 0 Å². The molecule has 0 N–H and O–H groups in total. The van der Waals surface area contributed by atoms with Crippen LogP contribution in [0.15, 0.2) is 52.9 Å². The van der Waals surface area contributed by atoms with Gasteiger partial charge in [-0.05, 0) is 31.2 Å². The molecule has 102 valence electrons. The van der Waals surface area contributed by atoms with Crippen molar-refractivity contribution in [3.8, 4) is 0 Å². The first-order chi connectivity index (χ1) is 9.65. The van der Waals surface area contributed by atoms with Gasteiger partial charge in [-0.1, -0.05) is 24.3 Å². The van der Waals surface area contributed by atoms with Gasteiger partial charge in [0.25, 0.3) is 0 Å². The summed E-state index contributed by atoms with van der Waals surface area (Å²) >= 11 is 0. The van der Waals surface area contributed by atoms with Gasteiger partial charge in [0.15, 0.2) is 0 Å². The lowest BCUT2D eigenvalue weighted by Crippen LogP contribution is -2.22. The minimum atomic E-state index is -0.480. The second-order valence-electron chi connectivity index (χ2n) is 4.79. The monoisotopic (exact) mass is 270 g/mol. The van der Waals surface area contributed by atoms with Crippen molar-refractivity contribution in [1.29, 1.82) is 0 Å². The lowest BCUT2D eigenvalue weighted by atomic mass is 10.2. The highest BCUT2D eigenvalue weighted by atomic mass is 19.1. The highest BCUT2D eigenvalue weighted by molar-refractivity contribution is 5.77. The molecule has 4 heteroatoms. The lowest BCUT2D eigenvalue weighted by Gasteiger charge is -2.24. The van der Waals surface area contributed by atoms with E-state index in [-0.39, 0.29) is 6.04 Å². The number of rotatable bonds is 3. The van der Waals surface area contributed by atoms with E-state index >= 15 is 0 Å². The Labute approximate surface area is 116 Å². The molecule has 0 bridgehead atoms. The molecule has 1 atom stereocenters. The molecule has 2 aromatic heterocycles. The van der Waals surface area contributed by atoms with Crippen LogP contribution in [0.25, 0.3) is 11.0 Å². The SMILES string of the molecule is CC(c1cc2ccccc2o1)N(C)c1cccc(F)n1. The Bertz CT molecular complexity index is 705. The Kier molecular flexibility index (Phi) is 3.14. The summed E-state index contributed by atoms with van der Waals surface area (Å²) in [7, 11) is 1.87.